The van der Waals surface area contributed by atoms with E-state index in [1.54, 1.807) is 6.07 Å². The Morgan fingerprint density at radius 1 is 1.41 bits per heavy atom. The molecule has 128 valence electrons. The largest absolute Gasteiger partial charge is 0.467 e. The molecule has 7 heteroatoms. The lowest BCUT2D eigenvalue weighted by Gasteiger charge is -2.36. The lowest BCUT2D eigenvalue weighted by molar-refractivity contribution is 0.0642. The Labute approximate surface area is 145 Å². The Bertz CT molecular complexity index is 446. The minimum absolute atomic E-state index is 0. The third kappa shape index (κ3) is 5.16. The highest BCUT2D eigenvalue weighted by Crippen LogP contribution is 2.18. The quantitative estimate of drug-likeness (QED) is 0.885. The Kier molecular flexibility index (Phi) is 9.76. The lowest BCUT2D eigenvalue weighted by atomic mass is 10.0. The first-order valence-corrected chi connectivity index (χ1v) is 7.42. The molecule has 0 bridgehead atoms. The van der Waals surface area contributed by atoms with E-state index < -0.39 is 0 Å². The molecule has 0 spiro atoms. The topological polar surface area (TPSA) is 62.7 Å². The van der Waals surface area contributed by atoms with E-state index in [-0.39, 0.29) is 30.7 Å². The van der Waals surface area contributed by atoms with Crippen molar-refractivity contribution in [3.8, 4) is 0 Å². The number of likely N-dealkylation sites (tertiary alicyclic amines) is 1. The van der Waals surface area contributed by atoms with Crippen molar-refractivity contribution in [1.82, 2.24) is 9.80 Å². The maximum Gasteiger partial charge on any atom is 0.257 e. The molecule has 2 rings (SSSR count). The van der Waals surface area contributed by atoms with Crippen molar-refractivity contribution in [2.75, 3.05) is 26.7 Å². The van der Waals surface area contributed by atoms with Crippen LogP contribution in [-0.4, -0.2) is 48.4 Å². The van der Waals surface area contributed by atoms with E-state index >= 15 is 0 Å². The summed E-state index contributed by atoms with van der Waals surface area (Å²) in [5.41, 5.74) is 6.10. The highest BCUT2D eigenvalue weighted by Gasteiger charge is 2.26. The molecule has 0 radical (unpaired) electrons. The zero-order valence-electron chi connectivity index (χ0n) is 13.3. The highest BCUT2D eigenvalue weighted by molar-refractivity contribution is 5.94. The van der Waals surface area contributed by atoms with E-state index in [0.29, 0.717) is 23.9 Å². The fraction of sp³-hybridized carbons (Fsp3) is 0.667. The molecule has 1 amide bonds. The van der Waals surface area contributed by atoms with Gasteiger partial charge in [0, 0.05) is 26.2 Å². The summed E-state index contributed by atoms with van der Waals surface area (Å²) in [6.07, 6.45) is 4.79. The summed E-state index contributed by atoms with van der Waals surface area (Å²) in [7, 11) is 1.89. The monoisotopic (exact) mass is 351 g/mol. The fourth-order valence-corrected chi connectivity index (χ4v) is 2.82. The van der Waals surface area contributed by atoms with Crippen LogP contribution in [0.2, 0.25) is 0 Å². The van der Waals surface area contributed by atoms with Crippen molar-refractivity contribution in [2.45, 2.75) is 38.8 Å². The number of amides is 1. The van der Waals surface area contributed by atoms with Gasteiger partial charge in [-0.15, -0.1) is 24.8 Å². The predicted molar refractivity (Wildman–Crippen MR) is 92.9 cm³/mol. The molecule has 0 aliphatic carbocycles. The third-order valence-corrected chi connectivity index (χ3v) is 4.07. The molecule has 1 aromatic rings. The van der Waals surface area contributed by atoms with Gasteiger partial charge < -0.3 is 20.0 Å². The van der Waals surface area contributed by atoms with Crippen LogP contribution < -0.4 is 5.73 Å². The number of furan rings is 1. The molecule has 2 N–H and O–H groups in total. The number of carbonyl (C=O) groups excluding carboxylic acids is 1. The number of hydrogen-bond acceptors (Lipinski definition) is 4. The van der Waals surface area contributed by atoms with Crippen LogP contribution in [0, 0.1) is 0 Å². The Balaban J connectivity index is 0.00000220. The SMILES string of the molecule is CCCN1CCC(N(C)C(=O)c2coc(CN)c2)CC1.Cl.Cl. The Morgan fingerprint density at radius 2 is 2.05 bits per heavy atom. The van der Waals surface area contributed by atoms with Gasteiger partial charge in [0.2, 0.25) is 0 Å². The first-order valence-electron chi connectivity index (χ1n) is 7.42. The summed E-state index contributed by atoms with van der Waals surface area (Å²) < 4.78 is 5.24. The van der Waals surface area contributed by atoms with E-state index in [1.165, 1.54) is 12.7 Å². The molecule has 0 atom stereocenters. The van der Waals surface area contributed by atoms with Crippen molar-refractivity contribution in [2.24, 2.45) is 5.73 Å². The van der Waals surface area contributed by atoms with E-state index in [0.717, 1.165) is 32.5 Å². The Morgan fingerprint density at radius 3 is 2.55 bits per heavy atom. The molecule has 2 heterocycles. The standard InChI is InChI=1S/C15H25N3O2.2ClH/c1-3-6-18-7-4-13(5-8-18)17(2)15(19)12-9-14(10-16)20-11-12;;/h9,11,13H,3-8,10,16H2,1-2H3;2*1H. The van der Waals surface area contributed by atoms with Gasteiger partial charge in [-0.25, -0.2) is 0 Å². The number of nitrogens with zero attached hydrogens (tertiary/aromatic N) is 2. The van der Waals surface area contributed by atoms with E-state index in [2.05, 4.69) is 11.8 Å². The molecule has 1 fully saturated rings. The minimum atomic E-state index is 0. The molecule has 22 heavy (non-hydrogen) atoms. The number of halogens is 2. The second-order valence-corrected chi connectivity index (χ2v) is 5.49. The van der Waals surface area contributed by atoms with Gasteiger partial charge in [0.05, 0.1) is 12.1 Å². The fourth-order valence-electron chi connectivity index (χ4n) is 2.82. The molecule has 1 aliphatic rings. The molecule has 0 aromatic carbocycles. The maximum atomic E-state index is 12.4. The van der Waals surface area contributed by atoms with Crippen LogP contribution in [0.15, 0.2) is 16.7 Å². The van der Waals surface area contributed by atoms with Gasteiger partial charge >= 0.3 is 0 Å². The van der Waals surface area contributed by atoms with Gasteiger partial charge in [-0.1, -0.05) is 6.92 Å². The van der Waals surface area contributed by atoms with Crippen molar-refractivity contribution in [1.29, 1.82) is 0 Å². The second-order valence-electron chi connectivity index (χ2n) is 5.49. The number of piperidine rings is 1. The highest BCUT2D eigenvalue weighted by atomic mass is 35.5. The number of carbonyl (C=O) groups is 1. The third-order valence-electron chi connectivity index (χ3n) is 4.07. The summed E-state index contributed by atoms with van der Waals surface area (Å²) in [6, 6.07) is 2.07. The van der Waals surface area contributed by atoms with Gasteiger partial charge in [-0.3, -0.25) is 4.79 Å². The van der Waals surface area contributed by atoms with E-state index in [1.807, 2.05) is 11.9 Å². The average Bonchev–Trinajstić information content (AvgIpc) is 2.96. The van der Waals surface area contributed by atoms with Gasteiger partial charge in [0.15, 0.2) is 0 Å². The summed E-state index contributed by atoms with van der Waals surface area (Å²) in [4.78, 5) is 16.7. The molecule has 1 aliphatic heterocycles. The van der Waals surface area contributed by atoms with Crippen LogP contribution in [-0.2, 0) is 6.54 Å². The van der Waals surface area contributed by atoms with Crippen molar-refractivity contribution < 1.29 is 9.21 Å². The lowest BCUT2D eigenvalue weighted by Crippen LogP contribution is -2.45. The van der Waals surface area contributed by atoms with Gasteiger partial charge in [-0.05, 0) is 31.9 Å². The molecule has 5 nitrogen and oxygen atoms in total. The zero-order chi connectivity index (χ0) is 14.5. The molecule has 1 aromatic heterocycles. The maximum absolute atomic E-state index is 12.4. The van der Waals surface area contributed by atoms with Crippen LogP contribution >= 0.6 is 24.8 Å². The summed E-state index contributed by atoms with van der Waals surface area (Å²) in [5.74, 6) is 0.682. The van der Waals surface area contributed by atoms with Crippen LogP contribution in [0.25, 0.3) is 0 Å². The van der Waals surface area contributed by atoms with Crippen LogP contribution in [0.4, 0.5) is 0 Å². The van der Waals surface area contributed by atoms with Crippen LogP contribution in [0.5, 0.6) is 0 Å². The molecule has 1 saturated heterocycles. The second kappa shape index (κ2) is 10.1. The minimum Gasteiger partial charge on any atom is -0.467 e. The zero-order valence-corrected chi connectivity index (χ0v) is 14.9. The summed E-state index contributed by atoms with van der Waals surface area (Å²) in [6.45, 7) is 5.85. The van der Waals surface area contributed by atoms with Crippen molar-refractivity contribution in [3.63, 3.8) is 0 Å². The number of rotatable bonds is 5. The smallest absolute Gasteiger partial charge is 0.257 e. The molecule has 0 unspecified atom stereocenters. The van der Waals surface area contributed by atoms with Crippen LogP contribution in [0.1, 0.15) is 42.3 Å². The average molecular weight is 352 g/mol. The molecular weight excluding hydrogens is 325 g/mol. The first kappa shape index (κ1) is 21.2. The summed E-state index contributed by atoms with van der Waals surface area (Å²) >= 11 is 0. The first-order chi connectivity index (χ1) is 9.65. The predicted octanol–water partition coefficient (Wildman–Crippen LogP) is 2.53. The van der Waals surface area contributed by atoms with Gasteiger partial charge in [-0.2, -0.15) is 0 Å². The molecular formula is C15H27Cl2N3O2. The number of hydrogen-bond donors (Lipinski definition) is 1. The van der Waals surface area contributed by atoms with Gasteiger partial charge in [0.25, 0.3) is 5.91 Å². The van der Waals surface area contributed by atoms with Crippen molar-refractivity contribution in [3.05, 3.63) is 23.7 Å². The van der Waals surface area contributed by atoms with Crippen LogP contribution in [0.3, 0.4) is 0 Å². The Hall–Kier alpha value is -0.750. The van der Waals surface area contributed by atoms with Crippen molar-refractivity contribution >= 4 is 30.7 Å². The summed E-state index contributed by atoms with van der Waals surface area (Å²) in [5, 5.41) is 0. The normalized spacial score (nSPS) is 15.8. The molecule has 0 saturated carbocycles. The van der Waals surface area contributed by atoms with E-state index in [4.69, 9.17) is 10.2 Å². The van der Waals surface area contributed by atoms with Gasteiger partial charge in [0.1, 0.15) is 12.0 Å². The number of nitrogens with two attached hydrogens (primary N) is 1. The van der Waals surface area contributed by atoms with E-state index in [9.17, 15) is 4.79 Å².